The molecule has 4 nitrogen and oxygen atoms in total. The van der Waals surface area contributed by atoms with Crippen LogP contribution < -0.4 is 4.74 Å². The van der Waals surface area contributed by atoms with Gasteiger partial charge in [0.15, 0.2) is 0 Å². The van der Waals surface area contributed by atoms with Crippen LogP contribution in [-0.2, 0) is 5.88 Å². The van der Waals surface area contributed by atoms with Crippen molar-refractivity contribution >= 4 is 33.2 Å². The molecule has 0 radical (unpaired) electrons. The van der Waals surface area contributed by atoms with Crippen LogP contribution in [-0.4, -0.2) is 12.0 Å². The van der Waals surface area contributed by atoms with E-state index in [1.54, 1.807) is 0 Å². The van der Waals surface area contributed by atoms with Crippen molar-refractivity contribution in [2.24, 2.45) is 0 Å². The Morgan fingerprint density at radius 2 is 2.29 bits per heavy atom. The normalized spacial score (nSPS) is 9.93. The Balaban J connectivity index is 3.31. The van der Waals surface area contributed by atoms with E-state index in [9.17, 15) is 10.1 Å². The minimum Gasteiger partial charge on any atom is -0.496 e. The molecule has 0 heterocycles. The number of nitro benzene ring substituents is 1. The lowest BCUT2D eigenvalue weighted by atomic mass is 10.2. The molecule has 0 fully saturated rings. The summed E-state index contributed by atoms with van der Waals surface area (Å²) in [7, 11) is 1.45. The third-order valence-corrected chi connectivity index (χ3v) is 2.68. The van der Waals surface area contributed by atoms with Gasteiger partial charge in [-0.05, 0) is 0 Å². The maximum Gasteiger partial charge on any atom is 0.274 e. The number of benzene rings is 1. The fraction of sp³-hybridized carbons (Fsp3) is 0.250. The molecule has 0 N–H and O–H groups in total. The molecular formula is C8H7BrClNO3. The van der Waals surface area contributed by atoms with E-state index in [4.69, 9.17) is 16.3 Å². The highest BCUT2D eigenvalue weighted by molar-refractivity contribution is 9.10. The number of alkyl halides is 1. The Labute approximate surface area is 94.1 Å². The summed E-state index contributed by atoms with van der Waals surface area (Å²) in [5.41, 5.74) is 0.683. The van der Waals surface area contributed by atoms with E-state index in [1.165, 1.54) is 19.2 Å². The number of hydrogen-bond acceptors (Lipinski definition) is 3. The lowest BCUT2D eigenvalue weighted by Gasteiger charge is -2.07. The van der Waals surface area contributed by atoms with Crippen LogP contribution in [0.2, 0.25) is 0 Å². The second-order valence-corrected chi connectivity index (χ2v) is 3.62. The van der Waals surface area contributed by atoms with Gasteiger partial charge in [0.25, 0.3) is 5.69 Å². The maximum atomic E-state index is 10.5. The molecule has 0 aliphatic rings. The van der Waals surface area contributed by atoms with Crippen LogP contribution in [0.15, 0.2) is 16.6 Å². The molecule has 0 saturated heterocycles. The molecule has 0 atom stereocenters. The number of halogens is 2. The number of non-ortho nitro benzene ring substituents is 1. The van der Waals surface area contributed by atoms with E-state index < -0.39 is 4.92 Å². The molecule has 6 heteroatoms. The van der Waals surface area contributed by atoms with Crippen LogP contribution in [0.5, 0.6) is 5.75 Å². The minimum atomic E-state index is -0.481. The molecule has 0 amide bonds. The molecular weight excluding hydrogens is 273 g/mol. The molecule has 1 rings (SSSR count). The number of nitro groups is 1. The summed E-state index contributed by atoms with van der Waals surface area (Å²) in [4.78, 5) is 10.0. The van der Waals surface area contributed by atoms with Gasteiger partial charge in [0.2, 0.25) is 0 Å². The number of ether oxygens (including phenoxy) is 1. The van der Waals surface area contributed by atoms with Crippen LogP contribution in [0, 0.1) is 10.1 Å². The molecule has 1 aromatic carbocycles. The third kappa shape index (κ3) is 2.16. The smallest absolute Gasteiger partial charge is 0.274 e. The Kier molecular flexibility index (Phi) is 3.71. The van der Waals surface area contributed by atoms with Gasteiger partial charge in [-0.3, -0.25) is 10.1 Å². The van der Waals surface area contributed by atoms with Gasteiger partial charge in [-0.15, -0.1) is 11.6 Å². The highest BCUT2D eigenvalue weighted by Crippen LogP contribution is 2.33. The summed E-state index contributed by atoms with van der Waals surface area (Å²) in [5.74, 6) is 0.656. The van der Waals surface area contributed by atoms with E-state index >= 15 is 0 Å². The number of methoxy groups -OCH3 is 1. The monoisotopic (exact) mass is 279 g/mol. The highest BCUT2D eigenvalue weighted by Gasteiger charge is 2.14. The van der Waals surface area contributed by atoms with Gasteiger partial charge in [0, 0.05) is 16.1 Å². The van der Waals surface area contributed by atoms with E-state index in [0.717, 1.165) is 0 Å². The minimum absolute atomic E-state index is 0.0254. The molecule has 0 aliphatic carbocycles. The Bertz CT molecular complexity index is 370. The largest absolute Gasteiger partial charge is 0.496 e. The van der Waals surface area contributed by atoms with Crippen LogP contribution >= 0.6 is 27.5 Å². The second-order valence-electron chi connectivity index (χ2n) is 2.50. The zero-order valence-corrected chi connectivity index (χ0v) is 9.63. The second kappa shape index (κ2) is 4.61. The number of hydrogen-bond donors (Lipinski definition) is 0. The van der Waals surface area contributed by atoms with Gasteiger partial charge < -0.3 is 4.74 Å². The van der Waals surface area contributed by atoms with Gasteiger partial charge in [-0.1, -0.05) is 15.9 Å². The first-order valence-corrected chi connectivity index (χ1v) is 4.99. The van der Waals surface area contributed by atoms with Gasteiger partial charge in [0.05, 0.1) is 24.0 Å². The standard InChI is InChI=1S/C8H7BrClNO3/c1-14-8-3-5(11(12)13)2-7(9)6(8)4-10/h2-3H,4H2,1H3. The van der Waals surface area contributed by atoms with Crippen molar-refractivity contribution in [3.05, 3.63) is 32.3 Å². The van der Waals surface area contributed by atoms with Gasteiger partial charge in [-0.2, -0.15) is 0 Å². The zero-order valence-electron chi connectivity index (χ0n) is 7.29. The number of nitrogens with zero attached hydrogens (tertiary/aromatic N) is 1. The molecule has 0 aromatic heterocycles. The zero-order chi connectivity index (χ0) is 10.7. The molecule has 0 aliphatic heterocycles. The van der Waals surface area contributed by atoms with Crippen LogP contribution in [0.25, 0.3) is 0 Å². The van der Waals surface area contributed by atoms with Crippen molar-refractivity contribution in [3.8, 4) is 5.75 Å². The van der Waals surface area contributed by atoms with E-state index in [-0.39, 0.29) is 11.6 Å². The quantitative estimate of drug-likeness (QED) is 0.485. The van der Waals surface area contributed by atoms with Crippen LogP contribution in [0.1, 0.15) is 5.56 Å². The molecule has 76 valence electrons. The fourth-order valence-electron chi connectivity index (χ4n) is 1.01. The van der Waals surface area contributed by atoms with Crippen molar-refractivity contribution in [1.29, 1.82) is 0 Å². The molecule has 0 bridgehead atoms. The Morgan fingerprint density at radius 1 is 1.64 bits per heavy atom. The Hall–Kier alpha value is -0.810. The summed E-state index contributed by atoms with van der Waals surface area (Å²) in [6.07, 6.45) is 0. The van der Waals surface area contributed by atoms with Crippen LogP contribution in [0.4, 0.5) is 5.69 Å². The van der Waals surface area contributed by atoms with E-state index in [0.29, 0.717) is 15.8 Å². The summed E-state index contributed by atoms with van der Waals surface area (Å²) >= 11 is 8.87. The first-order chi connectivity index (χ1) is 6.60. The highest BCUT2D eigenvalue weighted by atomic mass is 79.9. The molecule has 0 saturated carbocycles. The predicted molar refractivity (Wildman–Crippen MR) is 56.9 cm³/mol. The van der Waals surface area contributed by atoms with Gasteiger partial charge in [0.1, 0.15) is 5.75 Å². The molecule has 1 aromatic rings. The average molecular weight is 281 g/mol. The summed E-state index contributed by atoms with van der Waals surface area (Å²) < 4.78 is 5.57. The first kappa shape index (κ1) is 11.3. The van der Waals surface area contributed by atoms with Gasteiger partial charge >= 0.3 is 0 Å². The van der Waals surface area contributed by atoms with E-state index in [2.05, 4.69) is 15.9 Å². The van der Waals surface area contributed by atoms with Crippen molar-refractivity contribution in [3.63, 3.8) is 0 Å². The topological polar surface area (TPSA) is 52.4 Å². The first-order valence-electron chi connectivity index (χ1n) is 3.67. The lowest BCUT2D eigenvalue weighted by molar-refractivity contribution is -0.385. The molecule has 0 unspecified atom stereocenters. The summed E-state index contributed by atoms with van der Waals surface area (Å²) in [6, 6.07) is 2.75. The lowest BCUT2D eigenvalue weighted by Crippen LogP contribution is -1.95. The predicted octanol–water partition coefficient (Wildman–Crippen LogP) is 3.10. The van der Waals surface area contributed by atoms with Crippen molar-refractivity contribution < 1.29 is 9.66 Å². The summed E-state index contributed by atoms with van der Waals surface area (Å²) in [5, 5.41) is 10.5. The maximum absolute atomic E-state index is 10.5. The average Bonchev–Trinajstić information content (AvgIpc) is 2.16. The fourth-order valence-corrected chi connectivity index (χ4v) is 2.02. The third-order valence-electron chi connectivity index (χ3n) is 1.70. The van der Waals surface area contributed by atoms with Crippen molar-refractivity contribution in [1.82, 2.24) is 0 Å². The van der Waals surface area contributed by atoms with Crippen LogP contribution in [0.3, 0.4) is 0 Å². The van der Waals surface area contributed by atoms with Crippen molar-refractivity contribution in [2.45, 2.75) is 5.88 Å². The number of rotatable bonds is 3. The van der Waals surface area contributed by atoms with Gasteiger partial charge in [-0.25, -0.2) is 0 Å². The van der Waals surface area contributed by atoms with E-state index in [1.807, 2.05) is 0 Å². The molecule has 0 spiro atoms. The SMILES string of the molecule is COc1cc([N+](=O)[O-])cc(Br)c1CCl. The Morgan fingerprint density at radius 3 is 2.71 bits per heavy atom. The van der Waals surface area contributed by atoms with Crippen molar-refractivity contribution in [2.75, 3.05) is 7.11 Å². The molecule has 14 heavy (non-hydrogen) atoms. The summed E-state index contributed by atoms with van der Waals surface area (Å²) in [6.45, 7) is 0.